The van der Waals surface area contributed by atoms with Crippen LogP contribution in [0.25, 0.3) is 5.57 Å². The standard InChI is InChI=1S/C36H32N4O2/c1-2-11-31-28(10-1)39(24-7-4-14-37-20-24)30-17-27-33-23(6-3-9-26(33)34(30)41-31)16-29-35(27)42-36-18-22(19-36)12-13-32(36)40(29)25-8-5-15-38-21-25/h1-4,7,10-14,16,20-21,25,28,30-31,34H,5-6,8,15,17-19H2. The number of aromatic nitrogens is 1. The van der Waals surface area contributed by atoms with Crippen LogP contribution >= 0.6 is 0 Å². The minimum absolute atomic E-state index is 0.0263. The smallest absolute Gasteiger partial charge is 0.156 e. The second kappa shape index (κ2) is 8.47. The molecule has 1 saturated heterocycles. The number of benzene rings is 1. The molecule has 2 bridgehead atoms. The van der Waals surface area contributed by atoms with Gasteiger partial charge >= 0.3 is 0 Å². The molecule has 11 rings (SSSR count). The highest BCUT2D eigenvalue weighted by Crippen LogP contribution is 2.59. The summed E-state index contributed by atoms with van der Waals surface area (Å²) in [5, 5.41) is 0. The van der Waals surface area contributed by atoms with E-state index >= 15 is 0 Å². The summed E-state index contributed by atoms with van der Waals surface area (Å²) >= 11 is 0. The third-order valence-electron chi connectivity index (χ3n) is 10.5. The van der Waals surface area contributed by atoms with Crippen LogP contribution in [0.5, 0.6) is 5.75 Å². The number of anilines is 2. The van der Waals surface area contributed by atoms with Crippen molar-refractivity contribution < 1.29 is 9.47 Å². The summed E-state index contributed by atoms with van der Waals surface area (Å²) in [5.41, 5.74) is 13.7. The van der Waals surface area contributed by atoms with Crippen molar-refractivity contribution >= 4 is 23.2 Å². The van der Waals surface area contributed by atoms with Gasteiger partial charge < -0.3 is 19.3 Å². The Kier molecular flexibility index (Phi) is 4.73. The van der Waals surface area contributed by atoms with Gasteiger partial charge in [-0.1, -0.05) is 36.0 Å². The number of hydrogen-bond donors (Lipinski definition) is 0. The molecule has 1 aromatic heterocycles. The highest BCUT2D eigenvalue weighted by Gasteiger charge is 2.56. The Morgan fingerprint density at radius 3 is 2.95 bits per heavy atom. The molecule has 9 aliphatic rings. The first-order valence-corrected chi connectivity index (χ1v) is 15.5. The van der Waals surface area contributed by atoms with Crippen molar-refractivity contribution in [2.75, 3.05) is 16.3 Å². The maximum absolute atomic E-state index is 7.26. The van der Waals surface area contributed by atoms with Gasteiger partial charge in [0.05, 0.1) is 41.4 Å². The second-order valence-electron chi connectivity index (χ2n) is 12.8. The lowest BCUT2D eigenvalue weighted by Gasteiger charge is -2.57. The van der Waals surface area contributed by atoms with Gasteiger partial charge in [-0.15, -0.1) is 5.73 Å². The fraction of sp³-hybridized carbons (Fsp3) is 0.361. The highest BCUT2D eigenvalue weighted by atomic mass is 16.5. The Balaban J connectivity index is 1.18. The van der Waals surface area contributed by atoms with Gasteiger partial charge in [-0.25, -0.2) is 0 Å². The molecule has 6 heteroatoms. The van der Waals surface area contributed by atoms with Crippen LogP contribution < -0.4 is 14.5 Å². The van der Waals surface area contributed by atoms with E-state index in [0.29, 0.717) is 0 Å². The van der Waals surface area contributed by atoms with E-state index in [1.165, 1.54) is 39.2 Å². The van der Waals surface area contributed by atoms with Gasteiger partial charge in [0, 0.05) is 49.4 Å². The zero-order chi connectivity index (χ0) is 27.4. The molecule has 2 fully saturated rings. The fourth-order valence-electron chi connectivity index (χ4n) is 8.73. The van der Waals surface area contributed by atoms with Crippen molar-refractivity contribution in [1.82, 2.24) is 4.98 Å². The van der Waals surface area contributed by atoms with Crippen molar-refractivity contribution in [3.05, 3.63) is 107 Å². The maximum atomic E-state index is 7.26. The molecule has 4 heterocycles. The summed E-state index contributed by atoms with van der Waals surface area (Å²) < 4.78 is 14.2. The molecule has 2 aromatic rings. The van der Waals surface area contributed by atoms with Crippen LogP contribution in [0.3, 0.4) is 0 Å². The van der Waals surface area contributed by atoms with Crippen LogP contribution in [0.15, 0.2) is 95.1 Å². The van der Waals surface area contributed by atoms with Crippen molar-refractivity contribution in [1.29, 1.82) is 0 Å². The van der Waals surface area contributed by atoms with Gasteiger partial charge in [0.15, 0.2) is 5.60 Å². The predicted molar refractivity (Wildman–Crippen MR) is 164 cm³/mol. The number of rotatable bonds is 2. The zero-order valence-electron chi connectivity index (χ0n) is 23.4. The summed E-state index contributed by atoms with van der Waals surface area (Å²) in [6.07, 6.45) is 27.4. The molecule has 0 N–H and O–H groups in total. The van der Waals surface area contributed by atoms with Crippen LogP contribution in [0, 0.1) is 0 Å². The number of morpholine rings is 1. The first kappa shape index (κ1) is 23.4. The van der Waals surface area contributed by atoms with E-state index < -0.39 is 0 Å². The summed E-state index contributed by atoms with van der Waals surface area (Å²) in [6.45, 7) is 0.926. The molecular formula is C36H32N4O2. The minimum atomic E-state index is -0.271. The molecule has 42 heavy (non-hydrogen) atoms. The molecule has 1 spiro atoms. The van der Waals surface area contributed by atoms with Crippen LogP contribution in [0.4, 0.5) is 11.4 Å². The summed E-state index contributed by atoms with van der Waals surface area (Å²) in [7, 11) is 0. The van der Waals surface area contributed by atoms with E-state index in [4.69, 9.17) is 14.5 Å². The Morgan fingerprint density at radius 1 is 1.12 bits per heavy atom. The van der Waals surface area contributed by atoms with E-state index in [1.54, 1.807) is 0 Å². The lowest BCUT2D eigenvalue weighted by atomic mass is 9.67. The number of aliphatic imine (C=N–C) groups is 1. The molecule has 0 radical (unpaired) electrons. The van der Waals surface area contributed by atoms with Crippen molar-refractivity contribution in [3.8, 4) is 5.75 Å². The average Bonchev–Trinajstić information content (AvgIpc) is 3.03. The first-order valence-electron chi connectivity index (χ1n) is 15.5. The van der Waals surface area contributed by atoms with Crippen molar-refractivity contribution in [3.63, 3.8) is 0 Å². The zero-order valence-corrected chi connectivity index (χ0v) is 23.4. The molecular weight excluding hydrogens is 520 g/mol. The Bertz CT molecular complexity index is 1750. The fourth-order valence-corrected chi connectivity index (χ4v) is 8.73. The number of fused-ring (bicyclic) bond motifs is 6. The van der Waals surface area contributed by atoms with E-state index in [2.05, 4.69) is 81.4 Å². The summed E-state index contributed by atoms with van der Waals surface area (Å²) in [6, 6.07) is 7.09. The second-order valence-corrected chi connectivity index (χ2v) is 12.8. The van der Waals surface area contributed by atoms with E-state index in [9.17, 15) is 0 Å². The van der Waals surface area contributed by atoms with Gasteiger partial charge in [0.2, 0.25) is 0 Å². The number of nitrogens with zero attached hydrogens (tertiary/aromatic N) is 4. The molecule has 1 saturated carbocycles. The van der Waals surface area contributed by atoms with Gasteiger partial charge in [-0.2, -0.15) is 0 Å². The largest absolute Gasteiger partial charge is 0.478 e. The molecule has 6 aliphatic carbocycles. The SMILES string of the molecule is C1=CCc2cc3c(c4c2C=1C1OC2C=CC=CC2N(c2cccnc2)C1C4)OC12CC(=CC=C1N3C1C=NCCC1)C2. The van der Waals surface area contributed by atoms with Gasteiger partial charge in [0.1, 0.15) is 18.0 Å². The highest BCUT2D eigenvalue weighted by molar-refractivity contribution is 5.88. The average molecular weight is 553 g/mol. The number of allylic oxidation sites excluding steroid dienone is 4. The quantitative estimate of drug-likeness (QED) is 0.450. The van der Waals surface area contributed by atoms with Crippen LogP contribution in [-0.4, -0.2) is 53.7 Å². The van der Waals surface area contributed by atoms with E-state index in [1.807, 2.05) is 18.5 Å². The van der Waals surface area contributed by atoms with Gasteiger partial charge in [-0.05, 0) is 60.7 Å². The minimum Gasteiger partial charge on any atom is -0.478 e. The molecule has 6 nitrogen and oxygen atoms in total. The van der Waals surface area contributed by atoms with Gasteiger partial charge in [-0.3, -0.25) is 9.98 Å². The van der Waals surface area contributed by atoms with E-state index in [-0.39, 0.29) is 35.9 Å². The third-order valence-corrected chi connectivity index (χ3v) is 10.5. The van der Waals surface area contributed by atoms with Crippen LogP contribution in [0.1, 0.15) is 42.4 Å². The Hall–Kier alpha value is -4.12. The normalized spacial score (nSPS) is 31.7. The van der Waals surface area contributed by atoms with Crippen LogP contribution in [0.2, 0.25) is 0 Å². The predicted octanol–water partition coefficient (Wildman–Crippen LogP) is 5.66. The number of pyridine rings is 1. The molecule has 1 aromatic carbocycles. The Labute approximate surface area is 245 Å². The van der Waals surface area contributed by atoms with Crippen LogP contribution in [-0.2, 0) is 17.6 Å². The third kappa shape index (κ3) is 3.09. The summed E-state index contributed by atoms with van der Waals surface area (Å²) in [4.78, 5) is 14.4. The molecule has 0 amide bonds. The number of hydrogen-bond acceptors (Lipinski definition) is 6. The lowest BCUT2D eigenvalue weighted by Crippen LogP contribution is -2.63. The monoisotopic (exact) mass is 552 g/mol. The molecule has 5 unspecified atom stereocenters. The first-order chi connectivity index (χ1) is 20.8. The van der Waals surface area contributed by atoms with E-state index in [0.717, 1.165) is 56.5 Å². The molecule has 208 valence electrons. The summed E-state index contributed by atoms with van der Waals surface area (Å²) in [5.74, 6) is 1.07. The van der Waals surface area contributed by atoms with Crippen molar-refractivity contribution in [2.24, 2.45) is 4.99 Å². The van der Waals surface area contributed by atoms with Gasteiger partial charge in [0.25, 0.3) is 0 Å². The molecule has 3 aliphatic heterocycles. The maximum Gasteiger partial charge on any atom is 0.156 e. The molecule has 5 atom stereocenters. The topological polar surface area (TPSA) is 50.2 Å². The lowest BCUT2D eigenvalue weighted by molar-refractivity contribution is -0.0118. The Morgan fingerprint density at radius 2 is 2.07 bits per heavy atom. The van der Waals surface area contributed by atoms with Crippen molar-refractivity contribution in [2.45, 2.75) is 74.5 Å². The number of ether oxygens (including phenoxy) is 2.